The molecule has 1 atom stereocenters. The second-order valence-corrected chi connectivity index (χ2v) is 3.70. The van der Waals surface area contributed by atoms with Crippen molar-refractivity contribution < 1.29 is 14.6 Å². The van der Waals surface area contributed by atoms with E-state index in [4.69, 9.17) is 15.6 Å². The highest BCUT2D eigenvalue weighted by atomic mass is 16.5. The van der Waals surface area contributed by atoms with E-state index in [2.05, 4.69) is 0 Å². The zero-order chi connectivity index (χ0) is 12.1. The Morgan fingerprint density at radius 3 is 2.75 bits per heavy atom. The van der Waals surface area contributed by atoms with Crippen molar-refractivity contribution in [1.82, 2.24) is 0 Å². The number of rotatable bonds is 5. The summed E-state index contributed by atoms with van der Waals surface area (Å²) in [6.45, 7) is 2.24. The second kappa shape index (κ2) is 5.51. The van der Waals surface area contributed by atoms with Crippen molar-refractivity contribution in [3.63, 3.8) is 0 Å². The maximum Gasteiger partial charge on any atom is 0.304 e. The molecule has 0 saturated carbocycles. The number of hydrogen-bond acceptors (Lipinski definition) is 3. The fourth-order valence-electron chi connectivity index (χ4n) is 1.83. The van der Waals surface area contributed by atoms with Crippen LogP contribution in [0.15, 0.2) is 18.2 Å². The normalized spacial score (nSPS) is 12.2. The summed E-state index contributed by atoms with van der Waals surface area (Å²) in [6, 6.07) is 5.61. The minimum absolute atomic E-state index is 0.0461. The van der Waals surface area contributed by atoms with E-state index in [-0.39, 0.29) is 12.3 Å². The predicted molar refractivity (Wildman–Crippen MR) is 61.8 cm³/mol. The Bertz CT molecular complexity index is 377. The SMILES string of the molecule is COc1cccc(C(CN)CC(=O)O)c1C. The van der Waals surface area contributed by atoms with Crippen molar-refractivity contribution >= 4 is 5.97 Å². The summed E-state index contributed by atoms with van der Waals surface area (Å²) < 4.78 is 5.20. The highest BCUT2D eigenvalue weighted by Crippen LogP contribution is 2.28. The van der Waals surface area contributed by atoms with E-state index in [1.54, 1.807) is 7.11 Å². The monoisotopic (exact) mass is 223 g/mol. The van der Waals surface area contributed by atoms with Crippen LogP contribution in [-0.2, 0) is 4.79 Å². The van der Waals surface area contributed by atoms with Crippen LogP contribution in [0.2, 0.25) is 0 Å². The van der Waals surface area contributed by atoms with E-state index in [0.29, 0.717) is 6.54 Å². The highest BCUT2D eigenvalue weighted by Gasteiger charge is 2.17. The summed E-state index contributed by atoms with van der Waals surface area (Å²) in [7, 11) is 1.60. The van der Waals surface area contributed by atoms with Gasteiger partial charge in [0.05, 0.1) is 13.5 Å². The van der Waals surface area contributed by atoms with Crippen LogP contribution in [0.1, 0.15) is 23.5 Å². The number of carboxylic acid groups (broad SMARTS) is 1. The van der Waals surface area contributed by atoms with E-state index >= 15 is 0 Å². The lowest BCUT2D eigenvalue weighted by Gasteiger charge is -2.17. The van der Waals surface area contributed by atoms with Gasteiger partial charge in [0.1, 0.15) is 5.75 Å². The Balaban J connectivity index is 3.04. The molecule has 1 unspecified atom stereocenters. The molecule has 88 valence electrons. The zero-order valence-electron chi connectivity index (χ0n) is 9.56. The van der Waals surface area contributed by atoms with Crippen LogP contribution in [0.5, 0.6) is 5.75 Å². The molecule has 4 nitrogen and oxygen atoms in total. The predicted octanol–water partition coefficient (Wildman–Crippen LogP) is 1.52. The molecule has 1 aromatic rings. The van der Waals surface area contributed by atoms with E-state index in [9.17, 15) is 4.79 Å². The van der Waals surface area contributed by atoms with Crippen LogP contribution in [-0.4, -0.2) is 24.7 Å². The van der Waals surface area contributed by atoms with Gasteiger partial charge in [-0.2, -0.15) is 0 Å². The maximum atomic E-state index is 10.7. The third kappa shape index (κ3) is 2.73. The number of carboxylic acids is 1. The molecule has 1 aromatic carbocycles. The van der Waals surface area contributed by atoms with Crippen LogP contribution in [0, 0.1) is 6.92 Å². The number of ether oxygens (including phenoxy) is 1. The Morgan fingerprint density at radius 2 is 2.25 bits per heavy atom. The van der Waals surface area contributed by atoms with Gasteiger partial charge in [-0.05, 0) is 30.7 Å². The first-order valence-corrected chi connectivity index (χ1v) is 5.15. The molecule has 0 amide bonds. The van der Waals surface area contributed by atoms with Crippen molar-refractivity contribution in [2.75, 3.05) is 13.7 Å². The summed E-state index contributed by atoms with van der Waals surface area (Å²) in [4.78, 5) is 10.7. The Hall–Kier alpha value is -1.55. The minimum atomic E-state index is -0.835. The standard InChI is InChI=1S/C12H17NO3/c1-8-10(4-3-5-11(8)16-2)9(7-13)6-12(14)15/h3-5,9H,6-7,13H2,1-2H3,(H,14,15). The Labute approximate surface area is 95.0 Å². The summed E-state index contributed by atoms with van der Waals surface area (Å²) in [5.41, 5.74) is 7.52. The highest BCUT2D eigenvalue weighted by molar-refractivity contribution is 5.68. The van der Waals surface area contributed by atoms with Gasteiger partial charge in [0.25, 0.3) is 0 Å². The molecular formula is C12H17NO3. The second-order valence-electron chi connectivity index (χ2n) is 3.70. The third-order valence-corrected chi connectivity index (χ3v) is 2.69. The van der Waals surface area contributed by atoms with Crippen LogP contribution in [0.3, 0.4) is 0 Å². The number of benzene rings is 1. The molecule has 0 aliphatic heterocycles. The van der Waals surface area contributed by atoms with Gasteiger partial charge in [-0.15, -0.1) is 0 Å². The number of carbonyl (C=O) groups is 1. The van der Waals surface area contributed by atoms with Crippen molar-refractivity contribution in [2.24, 2.45) is 5.73 Å². The van der Waals surface area contributed by atoms with Crippen molar-refractivity contribution in [3.05, 3.63) is 29.3 Å². The molecule has 0 aliphatic rings. The van der Waals surface area contributed by atoms with E-state index < -0.39 is 5.97 Å². The van der Waals surface area contributed by atoms with Crippen molar-refractivity contribution in [3.8, 4) is 5.75 Å². The lowest BCUT2D eigenvalue weighted by molar-refractivity contribution is -0.137. The number of hydrogen-bond donors (Lipinski definition) is 2. The molecule has 0 aliphatic carbocycles. The first-order valence-electron chi connectivity index (χ1n) is 5.15. The molecule has 4 heteroatoms. The maximum absolute atomic E-state index is 10.7. The molecule has 0 heterocycles. The number of nitrogens with two attached hydrogens (primary N) is 1. The lowest BCUT2D eigenvalue weighted by Crippen LogP contribution is -2.17. The topological polar surface area (TPSA) is 72.5 Å². The molecular weight excluding hydrogens is 206 g/mol. The molecule has 3 N–H and O–H groups in total. The summed E-state index contributed by atoms with van der Waals surface area (Å²) in [6.07, 6.45) is 0.0461. The fraction of sp³-hybridized carbons (Fsp3) is 0.417. The molecule has 0 fully saturated rings. The minimum Gasteiger partial charge on any atom is -0.496 e. The first kappa shape index (κ1) is 12.5. The summed E-state index contributed by atoms with van der Waals surface area (Å²) >= 11 is 0. The average molecular weight is 223 g/mol. The molecule has 0 bridgehead atoms. The van der Waals surface area contributed by atoms with Gasteiger partial charge < -0.3 is 15.6 Å². The van der Waals surface area contributed by atoms with Gasteiger partial charge in [-0.25, -0.2) is 0 Å². The number of methoxy groups -OCH3 is 1. The van der Waals surface area contributed by atoms with Crippen LogP contribution < -0.4 is 10.5 Å². The molecule has 0 saturated heterocycles. The largest absolute Gasteiger partial charge is 0.496 e. The molecule has 16 heavy (non-hydrogen) atoms. The van der Waals surface area contributed by atoms with E-state index in [1.807, 2.05) is 25.1 Å². The molecule has 0 spiro atoms. The van der Waals surface area contributed by atoms with Crippen LogP contribution >= 0.6 is 0 Å². The molecule has 0 aromatic heterocycles. The Kier molecular flexibility index (Phi) is 4.31. The average Bonchev–Trinajstić information content (AvgIpc) is 2.26. The molecule has 1 rings (SSSR count). The van der Waals surface area contributed by atoms with Gasteiger partial charge >= 0.3 is 5.97 Å². The van der Waals surface area contributed by atoms with Crippen molar-refractivity contribution in [1.29, 1.82) is 0 Å². The zero-order valence-corrected chi connectivity index (χ0v) is 9.56. The summed E-state index contributed by atoms with van der Waals surface area (Å²) in [5, 5.41) is 8.81. The van der Waals surface area contributed by atoms with Gasteiger partial charge in [0.15, 0.2) is 0 Å². The lowest BCUT2D eigenvalue weighted by atomic mass is 9.92. The van der Waals surface area contributed by atoms with Crippen molar-refractivity contribution in [2.45, 2.75) is 19.3 Å². The smallest absolute Gasteiger partial charge is 0.304 e. The number of aliphatic carboxylic acids is 1. The van der Waals surface area contributed by atoms with Gasteiger partial charge in [0, 0.05) is 5.92 Å². The summed E-state index contributed by atoms with van der Waals surface area (Å²) in [5.74, 6) is -0.230. The third-order valence-electron chi connectivity index (χ3n) is 2.69. The van der Waals surface area contributed by atoms with Crippen LogP contribution in [0.4, 0.5) is 0 Å². The quantitative estimate of drug-likeness (QED) is 0.793. The first-order chi connectivity index (χ1) is 7.60. The van der Waals surface area contributed by atoms with Gasteiger partial charge in [-0.3, -0.25) is 4.79 Å². The van der Waals surface area contributed by atoms with E-state index in [0.717, 1.165) is 16.9 Å². The van der Waals surface area contributed by atoms with Gasteiger partial charge in [-0.1, -0.05) is 12.1 Å². The Morgan fingerprint density at radius 1 is 1.56 bits per heavy atom. The van der Waals surface area contributed by atoms with E-state index in [1.165, 1.54) is 0 Å². The van der Waals surface area contributed by atoms with Gasteiger partial charge in [0.2, 0.25) is 0 Å². The fourth-order valence-corrected chi connectivity index (χ4v) is 1.83. The van der Waals surface area contributed by atoms with Crippen LogP contribution in [0.25, 0.3) is 0 Å². The molecule has 0 radical (unpaired) electrons.